The third kappa shape index (κ3) is 2.32. The number of aromatic nitrogens is 1. The summed E-state index contributed by atoms with van der Waals surface area (Å²) >= 11 is 3.11. The van der Waals surface area contributed by atoms with Crippen molar-refractivity contribution in [2.24, 2.45) is 0 Å². The molecule has 0 aliphatic heterocycles. The van der Waals surface area contributed by atoms with E-state index in [0.717, 1.165) is 10.8 Å². The number of anilines is 1. The second kappa shape index (κ2) is 5.09. The first-order valence-corrected chi connectivity index (χ1v) is 6.69. The first kappa shape index (κ1) is 12.9. The molecule has 0 saturated heterocycles. The molecule has 2 N–H and O–H groups in total. The van der Waals surface area contributed by atoms with Gasteiger partial charge in [-0.05, 0) is 46.3 Å². The number of hydrogen-bond acceptors (Lipinski definition) is 3. The molecule has 1 aromatic heterocycles. The van der Waals surface area contributed by atoms with E-state index < -0.39 is 0 Å². The van der Waals surface area contributed by atoms with E-state index in [1.54, 1.807) is 36.7 Å². The Bertz CT molecular complexity index is 792. The molecule has 100 valence electrons. The van der Waals surface area contributed by atoms with Crippen molar-refractivity contribution >= 4 is 32.4 Å². The molecule has 2 aromatic carbocycles. The number of halogens is 2. The van der Waals surface area contributed by atoms with Crippen molar-refractivity contribution in [2.75, 3.05) is 5.73 Å². The molecule has 1 heterocycles. The minimum absolute atomic E-state index is 0.371. The van der Waals surface area contributed by atoms with Gasteiger partial charge in [0.25, 0.3) is 0 Å². The summed E-state index contributed by atoms with van der Waals surface area (Å²) in [6.45, 7) is 0. The number of ether oxygens (including phenoxy) is 1. The molecule has 0 spiro atoms. The predicted octanol–water partition coefficient (Wildman–Crippen LogP) is 4.51. The monoisotopic (exact) mass is 332 g/mol. The van der Waals surface area contributed by atoms with E-state index >= 15 is 0 Å². The number of nitrogens with two attached hydrogens (primary N) is 1. The van der Waals surface area contributed by atoms with Crippen LogP contribution in [-0.4, -0.2) is 4.98 Å². The van der Waals surface area contributed by atoms with Crippen LogP contribution >= 0.6 is 15.9 Å². The van der Waals surface area contributed by atoms with E-state index in [-0.39, 0.29) is 5.82 Å². The van der Waals surface area contributed by atoms with Gasteiger partial charge in [-0.1, -0.05) is 0 Å². The molecule has 3 rings (SSSR count). The zero-order valence-electron chi connectivity index (χ0n) is 10.3. The fourth-order valence-corrected chi connectivity index (χ4v) is 2.19. The second-order valence-corrected chi connectivity index (χ2v) is 5.11. The van der Waals surface area contributed by atoms with Crippen molar-refractivity contribution in [1.29, 1.82) is 0 Å². The van der Waals surface area contributed by atoms with Gasteiger partial charge in [0.1, 0.15) is 17.3 Å². The van der Waals surface area contributed by atoms with Gasteiger partial charge >= 0.3 is 0 Å². The Morgan fingerprint density at radius 3 is 2.75 bits per heavy atom. The maximum absolute atomic E-state index is 13.5. The number of rotatable bonds is 2. The first-order valence-electron chi connectivity index (χ1n) is 5.90. The first-order chi connectivity index (χ1) is 9.65. The standard InChI is InChI=1S/C15H10BrFN2O/c16-12-2-1-9(7-13(12)17)20-15-4-3-14(18)11-8-19-6-5-10(11)15/h1-8H,18H2. The molecule has 0 atom stereocenters. The van der Waals surface area contributed by atoms with Crippen molar-refractivity contribution in [3.05, 3.63) is 59.1 Å². The van der Waals surface area contributed by atoms with Gasteiger partial charge in [0.15, 0.2) is 0 Å². The lowest BCUT2D eigenvalue weighted by molar-refractivity contribution is 0.481. The van der Waals surface area contributed by atoms with Crippen LogP contribution in [0.3, 0.4) is 0 Å². The molecule has 0 bridgehead atoms. The number of fused-ring (bicyclic) bond motifs is 1. The Balaban J connectivity index is 2.06. The van der Waals surface area contributed by atoms with Crippen molar-refractivity contribution in [3.8, 4) is 11.5 Å². The van der Waals surface area contributed by atoms with Crippen LogP contribution in [-0.2, 0) is 0 Å². The molecule has 0 fully saturated rings. The fraction of sp³-hybridized carbons (Fsp3) is 0. The SMILES string of the molecule is Nc1ccc(Oc2ccc(Br)c(F)c2)c2ccncc12. The molecule has 20 heavy (non-hydrogen) atoms. The van der Waals surface area contributed by atoms with Crippen LogP contribution in [0, 0.1) is 5.82 Å². The van der Waals surface area contributed by atoms with Gasteiger partial charge in [0, 0.05) is 34.9 Å². The summed E-state index contributed by atoms with van der Waals surface area (Å²) in [5, 5.41) is 1.64. The highest BCUT2D eigenvalue weighted by atomic mass is 79.9. The summed E-state index contributed by atoms with van der Waals surface area (Å²) in [5.41, 5.74) is 6.53. The van der Waals surface area contributed by atoms with Crippen LogP contribution < -0.4 is 10.5 Å². The van der Waals surface area contributed by atoms with Crippen LogP contribution in [0.1, 0.15) is 0 Å². The van der Waals surface area contributed by atoms with E-state index in [9.17, 15) is 4.39 Å². The zero-order valence-corrected chi connectivity index (χ0v) is 11.9. The van der Waals surface area contributed by atoms with Gasteiger partial charge in [-0.25, -0.2) is 4.39 Å². The smallest absolute Gasteiger partial charge is 0.141 e. The van der Waals surface area contributed by atoms with Gasteiger partial charge in [0.05, 0.1) is 4.47 Å². The van der Waals surface area contributed by atoms with Crippen molar-refractivity contribution in [3.63, 3.8) is 0 Å². The largest absolute Gasteiger partial charge is 0.457 e. The van der Waals surface area contributed by atoms with Crippen LogP contribution in [0.2, 0.25) is 0 Å². The van der Waals surface area contributed by atoms with Crippen molar-refractivity contribution in [1.82, 2.24) is 4.98 Å². The summed E-state index contributed by atoms with van der Waals surface area (Å²) in [7, 11) is 0. The molecule has 0 saturated carbocycles. The average Bonchev–Trinajstić information content (AvgIpc) is 2.46. The molecule has 0 aliphatic carbocycles. The number of nitrogen functional groups attached to an aromatic ring is 1. The average molecular weight is 333 g/mol. The summed E-state index contributed by atoms with van der Waals surface area (Å²) in [6, 6.07) is 9.94. The fourth-order valence-electron chi connectivity index (χ4n) is 1.94. The topological polar surface area (TPSA) is 48.1 Å². The Hall–Kier alpha value is -2.14. The molecule has 0 amide bonds. The maximum Gasteiger partial charge on any atom is 0.141 e. The van der Waals surface area contributed by atoms with Crippen LogP contribution in [0.4, 0.5) is 10.1 Å². The van der Waals surface area contributed by atoms with E-state index in [1.807, 2.05) is 6.07 Å². The van der Waals surface area contributed by atoms with Gasteiger partial charge in [0.2, 0.25) is 0 Å². The molecular formula is C15H10BrFN2O. The van der Waals surface area contributed by atoms with Crippen molar-refractivity contribution in [2.45, 2.75) is 0 Å². The maximum atomic E-state index is 13.5. The Labute approximate surface area is 123 Å². The highest BCUT2D eigenvalue weighted by Crippen LogP contribution is 2.33. The summed E-state index contributed by atoms with van der Waals surface area (Å²) in [4.78, 5) is 4.05. The van der Waals surface area contributed by atoms with Gasteiger partial charge in [-0.15, -0.1) is 0 Å². The third-order valence-corrected chi connectivity index (χ3v) is 3.57. The van der Waals surface area contributed by atoms with Gasteiger partial charge < -0.3 is 10.5 Å². The highest BCUT2D eigenvalue weighted by Gasteiger charge is 2.08. The van der Waals surface area contributed by atoms with E-state index in [1.165, 1.54) is 6.07 Å². The van der Waals surface area contributed by atoms with Crippen LogP contribution in [0.5, 0.6) is 11.5 Å². The molecule has 3 aromatic rings. The summed E-state index contributed by atoms with van der Waals surface area (Å²) in [5.74, 6) is 0.663. The molecule has 3 nitrogen and oxygen atoms in total. The molecule has 0 radical (unpaired) electrons. The molecule has 0 unspecified atom stereocenters. The molecule has 5 heteroatoms. The third-order valence-electron chi connectivity index (χ3n) is 2.93. The normalized spacial score (nSPS) is 10.7. The Morgan fingerprint density at radius 1 is 1.10 bits per heavy atom. The lowest BCUT2D eigenvalue weighted by atomic mass is 10.1. The number of benzene rings is 2. The van der Waals surface area contributed by atoms with Gasteiger partial charge in [-0.3, -0.25) is 4.98 Å². The minimum Gasteiger partial charge on any atom is -0.457 e. The Kier molecular flexibility index (Phi) is 3.28. The quantitative estimate of drug-likeness (QED) is 0.702. The summed E-state index contributed by atoms with van der Waals surface area (Å²) in [6.07, 6.45) is 3.34. The van der Waals surface area contributed by atoms with E-state index in [4.69, 9.17) is 10.5 Å². The van der Waals surface area contributed by atoms with Crippen LogP contribution in [0.15, 0.2) is 53.3 Å². The predicted molar refractivity (Wildman–Crippen MR) is 80.3 cm³/mol. The second-order valence-electron chi connectivity index (χ2n) is 4.25. The molecular weight excluding hydrogens is 323 g/mol. The van der Waals surface area contributed by atoms with E-state index in [2.05, 4.69) is 20.9 Å². The summed E-state index contributed by atoms with van der Waals surface area (Å²) < 4.78 is 19.6. The highest BCUT2D eigenvalue weighted by molar-refractivity contribution is 9.10. The van der Waals surface area contributed by atoms with Crippen molar-refractivity contribution < 1.29 is 9.13 Å². The molecule has 0 aliphatic rings. The number of nitrogens with zero attached hydrogens (tertiary/aromatic N) is 1. The number of pyridine rings is 1. The lowest BCUT2D eigenvalue weighted by Gasteiger charge is -2.10. The Morgan fingerprint density at radius 2 is 1.95 bits per heavy atom. The lowest BCUT2D eigenvalue weighted by Crippen LogP contribution is -1.92. The van der Waals surface area contributed by atoms with E-state index in [0.29, 0.717) is 21.7 Å². The van der Waals surface area contributed by atoms with Gasteiger partial charge in [-0.2, -0.15) is 0 Å². The number of hydrogen-bond donors (Lipinski definition) is 1. The zero-order chi connectivity index (χ0) is 14.1. The van der Waals surface area contributed by atoms with Crippen LogP contribution in [0.25, 0.3) is 10.8 Å². The minimum atomic E-state index is -0.371.